The average molecular weight is 483 g/mol. The van der Waals surface area contributed by atoms with E-state index in [-0.39, 0.29) is 30.8 Å². The first kappa shape index (κ1) is 24.6. The fourth-order valence-electron chi connectivity index (χ4n) is 2.78. The average Bonchev–Trinajstić information content (AvgIpc) is 2.83. The molecule has 176 valence electrons. The lowest BCUT2D eigenvalue weighted by Gasteiger charge is -2.09. The lowest BCUT2D eigenvalue weighted by molar-refractivity contribution is -0.118. The minimum absolute atomic E-state index is 0.136. The summed E-state index contributed by atoms with van der Waals surface area (Å²) in [6, 6.07) is 19.9. The first-order valence-corrected chi connectivity index (χ1v) is 10.8. The Kier molecular flexibility index (Phi) is 8.88. The highest BCUT2D eigenvalue weighted by Crippen LogP contribution is 2.16. The Hall–Kier alpha value is -4.04. The van der Waals surface area contributed by atoms with E-state index in [9.17, 15) is 14.4 Å². The number of carbonyl (C=O) groups is 3. The van der Waals surface area contributed by atoms with Crippen LogP contribution in [0.3, 0.4) is 0 Å². The number of hydrogen-bond donors (Lipinski definition) is 2. The molecule has 8 nitrogen and oxygen atoms in total. The zero-order valence-electron chi connectivity index (χ0n) is 18.4. The Balaban J connectivity index is 1.43. The van der Waals surface area contributed by atoms with Gasteiger partial charge in [0.1, 0.15) is 11.5 Å². The van der Waals surface area contributed by atoms with Crippen LogP contribution >= 0.6 is 11.6 Å². The van der Waals surface area contributed by atoms with Crippen molar-refractivity contribution in [2.24, 2.45) is 0 Å². The lowest BCUT2D eigenvalue weighted by Crippen LogP contribution is -2.23. The van der Waals surface area contributed by atoms with Crippen molar-refractivity contribution in [1.29, 1.82) is 0 Å². The Morgan fingerprint density at radius 2 is 1.50 bits per heavy atom. The summed E-state index contributed by atoms with van der Waals surface area (Å²) in [5, 5.41) is 6.15. The normalized spacial score (nSPS) is 10.2. The third kappa shape index (κ3) is 7.83. The molecule has 0 aliphatic heterocycles. The number of hydrogen-bond acceptors (Lipinski definition) is 6. The molecule has 0 atom stereocenters. The summed E-state index contributed by atoms with van der Waals surface area (Å²) in [6.45, 7) is 2.06. The fourth-order valence-corrected chi connectivity index (χ4v) is 2.91. The topological polar surface area (TPSA) is 103 Å². The highest BCUT2D eigenvalue weighted by atomic mass is 35.5. The molecule has 2 N–H and O–H groups in total. The number of benzene rings is 3. The van der Waals surface area contributed by atoms with Crippen LogP contribution in [0.2, 0.25) is 5.02 Å². The SMILES string of the molecule is CCOC(=O)Oc1ccc(C(=O)NCc2ccc(NC(=O)COc3ccc(Cl)cc3)cc2)cc1. The highest BCUT2D eigenvalue weighted by molar-refractivity contribution is 6.30. The number of ether oxygens (including phenoxy) is 3. The minimum Gasteiger partial charge on any atom is -0.484 e. The molecule has 0 fully saturated rings. The van der Waals surface area contributed by atoms with Crippen molar-refractivity contribution >= 4 is 35.3 Å². The molecule has 0 unspecified atom stereocenters. The number of anilines is 1. The molecule has 3 rings (SSSR count). The third-order valence-electron chi connectivity index (χ3n) is 4.45. The van der Waals surface area contributed by atoms with Crippen LogP contribution < -0.4 is 20.1 Å². The molecular formula is C25H23ClN2O6. The molecule has 0 heterocycles. The molecule has 0 bridgehead atoms. The van der Waals surface area contributed by atoms with Gasteiger partial charge in [-0.1, -0.05) is 23.7 Å². The number of halogens is 1. The van der Waals surface area contributed by atoms with Crippen molar-refractivity contribution in [2.75, 3.05) is 18.5 Å². The van der Waals surface area contributed by atoms with E-state index in [0.717, 1.165) is 5.56 Å². The van der Waals surface area contributed by atoms with E-state index in [0.29, 0.717) is 28.6 Å². The van der Waals surface area contributed by atoms with Crippen molar-refractivity contribution < 1.29 is 28.6 Å². The summed E-state index contributed by atoms with van der Waals surface area (Å²) in [5.74, 6) is 0.254. The van der Waals surface area contributed by atoms with Gasteiger partial charge in [0.05, 0.1) is 6.61 Å². The minimum atomic E-state index is -0.798. The maximum Gasteiger partial charge on any atom is 0.513 e. The van der Waals surface area contributed by atoms with E-state index in [4.69, 9.17) is 25.8 Å². The predicted molar refractivity (Wildman–Crippen MR) is 127 cm³/mol. The molecule has 0 radical (unpaired) electrons. The molecule has 0 saturated carbocycles. The van der Waals surface area contributed by atoms with Crippen LogP contribution in [0, 0.1) is 0 Å². The summed E-state index contributed by atoms with van der Waals surface area (Å²) in [7, 11) is 0. The van der Waals surface area contributed by atoms with Gasteiger partial charge in [0.15, 0.2) is 6.61 Å². The van der Waals surface area contributed by atoms with Crippen LogP contribution in [0.5, 0.6) is 11.5 Å². The number of amides is 2. The molecule has 3 aromatic carbocycles. The van der Waals surface area contributed by atoms with Gasteiger partial charge in [0, 0.05) is 22.8 Å². The van der Waals surface area contributed by atoms with Crippen LogP contribution in [0.1, 0.15) is 22.8 Å². The zero-order chi connectivity index (χ0) is 24.3. The first-order valence-electron chi connectivity index (χ1n) is 10.4. The second-order valence-corrected chi connectivity index (χ2v) is 7.42. The molecule has 0 aliphatic carbocycles. The van der Waals surface area contributed by atoms with Crippen molar-refractivity contribution in [3.8, 4) is 11.5 Å². The maximum atomic E-state index is 12.4. The summed E-state index contributed by atoms with van der Waals surface area (Å²) in [5.41, 5.74) is 1.88. The largest absolute Gasteiger partial charge is 0.513 e. The van der Waals surface area contributed by atoms with Crippen molar-refractivity contribution in [2.45, 2.75) is 13.5 Å². The maximum absolute atomic E-state index is 12.4. The molecular weight excluding hydrogens is 460 g/mol. The summed E-state index contributed by atoms with van der Waals surface area (Å²) in [4.78, 5) is 35.7. The van der Waals surface area contributed by atoms with Gasteiger partial charge in [-0.15, -0.1) is 0 Å². The van der Waals surface area contributed by atoms with Crippen LogP contribution in [0.15, 0.2) is 72.8 Å². The summed E-state index contributed by atoms with van der Waals surface area (Å²) in [6.07, 6.45) is -0.798. The van der Waals surface area contributed by atoms with Crippen LogP contribution in [-0.2, 0) is 16.1 Å². The Labute approximate surface area is 201 Å². The van der Waals surface area contributed by atoms with E-state index in [2.05, 4.69) is 10.6 Å². The fraction of sp³-hybridized carbons (Fsp3) is 0.160. The second kappa shape index (κ2) is 12.3. The number of carbonyl (C=O) groups excluding carboxylic acids is 3. The molecule has 0 saturated heterocycles. The van der Waals surface area contributed by atoms with Crippen molar-refractivity contribution in [3.63, 3.8) is 0 Å². The van der Waals surface area contributed by atoms with E-state index in [1.165, 1.54) is 12.1 Å². The van der Waals surface area contributed by atoms with E-state index in [1.54, 1.807) is 67.6 Å². The molecule has 34 heavy (non-hydrogen) atoms. The summed E-state index contributed by atoms with van der Waals surface area (Å²) >= 11 is 5.82. The summed E-state index contributed by atoms with van der Waals surface area (Å²) < 4.78 is 15.1. The molecule has 2 amide bonds. The van der Waals surface area contributed by atoms with Gasteiger partial charge in [0.2, 0.25) is 0 Å². The van der Waals surface area contributed by atoms with Crippen molar-refractivity contribution in [3.05, 3.63) is 88.9 Å². The van der Waals surface area contributed by atoms with E-state index in [1.807, 2.05) is 0 Å². The Morgan fingerprint density at radius 1 is 0.853 bits per heavy atom. The van der Waals surface area contributed by atoms with Gasteiger partial charge >= 0.3 is 6.16 Å². The van der Waals surface area contributed by atoms with E-state index < -0.39 is 6.16 Å². The lowest BCUT2D eigenvalue weighted by atomic mass is 10.1. The zero-order valence-corrected chi connectivity index (χ0v) is 19.1. The molecule has 9 heteroatoms. The predicted octanol–water partition coefficient (Wildman–Crippen LogP) is 4.82. The first-order chi connectivity index (χ1) is 16.4. The van der Waals surface area contributed by atoms with Crippen LogP contribution in [0.25, 0.3) is 0 Å². The monoisotopic (exact) mass is 482 g/mol. The molecule has 0 spiro atoms. The van der Waals surface area contributed by atoms with Gasteiger partial charge in [-0.05, 0) is 73.2 Å². The van der Waals surface area contributed by atoms with Crippen LogP contribution in [0.4, 0.5) is 10.5 Å². The van der Waals surface area contributed by atoms with E-state index >= 15 is 0 Å². The van der Waals surface area contributed by atoms with Gasteiger partial charge in [-0.3, -0.25) is 9.59 Å². The van der Waals surface area contributed by atoms with Gasteiger partial charge in [-0.25, -0.2) is 4.79 Å². The molecule has 0 aliphatic rings. The number of nitrogens with one attached hydrogen (secondary N) is 2. The quantitative estimate of drug-likeness (QED) is 0.335. The molecule has 3 aromatic rings. The molecule has 0 aromatic heterocycles. The van der Waals surface area contributed by atoms with Crippen LogP contribution in [-0.4, -0.2) is 31.2 Å². The standard InChI is InChI=1S/C25H23ClN2O6/c1-2-32-25(31)34-22-11-5-18(6-12-22)24(30)27-15-17-3-9-20(10-4-17)28-23(29)16-33-21-13-7-19(26)8-14-21/h3-14H,2,15-16H2,1H3,(H,27,30)(H,28,29). The Bertz CT molecular complexity index is 1120. The Morgan fingerprint density at radius 3 is 2.15 bits per heavy atom. The third-order valence-corrected chi connectivity index (χ3v) is 4.71. The highest BCUT2D eigenvalue weighted by Gasteiger charge is 2.09. The van der Waals surface area contributed by atoms with Gasteiger partial charge in [-0.2, -0.15) is 0 Å². The van der Waals surface area contributed by atoms with Crippen molar-refractivity contribution in [1.82, 2.24) is 5.32 Å². The van der Waals surface area contributed by atoms with Gasteiger partial charge < -0.3 is 24.8 Å². The second-order valence-electron chi connectivity index (χ2n) is 6.98. The van der Waals surface area contributed by atoms with Gasteiger partial charge in [0.25, 0.3) is 11.8 Å². The smallest absolute Gasteiger partial charge is 0.484 e. The number of rotatable bonds is 9.